The van der Waals surface area contributed by atoms with Crippen LogP contribution < -0.4 is 0 Å². The highest BCUT2D eigenvalue weighted by atomic mass is 31.2. The van der Waals surface area contributed by atoms with E-state index >= 15 is 0 Å². The zero-order chi connectivity index (χ0) is 30.2. The molecule has 0 aliphatic carbocycles. The number of fused-ring (bicyclic) bond motifs is 3. The van der Waals surface area contributed by atoms with Crippen molar-refractivity contribution >= 4 is 7.82 Å². The number of hydrogen-bond donors (Lipinski definition) is 1. The molecule has 3 rings (SSSR count). The van der Waals surface area contributed by atoms with Crippen molar-refractivity contribution in [2.24, 2.45) is 0 Å². The van der Waals surface area contributed by atoms with Crippen LogP contribution in [0.1, 0.15) is 129 Å². The number of unbranched alkanes of at least 4 members (excludes halogenated alkanes) is 16. The fraction of sp³-hybridized carbons (Fsp3) is 1.00. The van der Waals surface area contributed by atoms with E-state index in [1.54, 1.807) is 0 Å². The van der Waals surface area contributed by atoms with Crippen molar-refractivity contribution in [1.82, 2.24) is 4.90 Å². The maximum absolute atomic E-state index is 12.3. The molecular formula is C33H68N2O6P+. The summed E-state index contributed by atoms with van der Waals surface area (Å²) in [5.74, 6) is 0. The third-order valence-electron chi connectivity index (χ3n) is 9.22. The SMILES string of the molecule is CCCCCCCCCCCCCCCCOCC(COP(=O)(O)OCCCCCC[N+]12CCN(CC1)CC2)OCC. The third-order valence-corrected chi connectivity index (χ3v) is 10.2. The van der Waals surface area contributed by atoms with Gasteiger partial charge < -0.3 is 18.9 Å². The monoisotopic (exact) mass is 619 g/mol. The lowest BCUT2D eigenvalue weighted by Crippen LogP contribution is -2.67. The first-order chi connectivity index (χ1) is 20.5. The summed E-state index contributed by atoms with van der Waals surface area (Å²) in [6.45, 7) is 15.0. The summed E-state index contributed by atoms with van der Waals surface area (Å²) in [5.41, 5.74) is 0. The first-order valence-corrected chi connectivity index (χ1v) is 19.4. The number of quaternary nitrogens is 1. The molecule has 0 aromatic heterocycles. The van der Waals surface area contributed by atoms with Crippen LogP contribution in [0, 0.1) is 0 Å². The predicted octanol–water partition coefficient (Wildman–Crippen LogP) is 7.73. The second-order valence-electron chi connectivity index (χ2n) is 12.8. The Kier molecular flexibility index (Phi) is 22.0. The summed E-state index contributed by atoms with van der Waals surface area (Å²) in [4.78, 5) is 12.7. The molecule has 2 unspecified atom stereocenters. The van der Waals surface area contributed by atoms with Crippen LogP contribution in [0.5, 0.6) is 0 Å². The van der Waals surface area contributed by atoms with Gasteiger partial charge in [-0.15, -0.1) is 0 Å². The average Bonchev–Trinajstić information content (AvgIpc) is 3.00. The number of phosphoric ester groups is 1. The molecule has 0 aromatic carbocycles. The zero-order valence-electron chi connectivity index (χ0n) is 27.6. The van der Waals surface area contributed by atoms with Gasteiger partial charge in [-0.05, 0) is 32.6 Å². The summed E-state index contributed by atoms with van der Waals surface area (Å²) in [7, 11) is -4.08. The molecule has 3 aliphatic heterocycles. The van der Waals surface area contributed by atoms with Crippen LogP contribution >= 0.6 is 7.82 Å². The second kappa shape index (κ2) is 24.2. The van der Waals surface area contributed by atoms with Gasteiger partial charge >= 0.3 is 7.82 Å². The molecule has 0 aromatic rings. The Morgan fingerprint density at radius 1 is 0.667 bits per heavy atom. The molecule has 0 spiro atoms. The van der Waals surface area contributed by atoms with Gasteiger partial charge in [0.25, 0.3) is 0 Å². The Morgan fingerprint density at radius 3 is 1.71 bits per heavy atom. The number of nitrogens with zero attached hydrogens (tertiary/aromatic N) is 2. The van der Waals surface area contributed by atoms with Crippen molar-refractivity contribution < 1.29 is 32.5 Å². The number of phosphoric acid groups is 1. The number of hydrogen-bond acceptors (Lipinski definition) is 6. The fourth-order valence-electron chi connectivity index (χ4n) is 6.36. The molecule has 1 N–H and O–H groups in total. The Hall–Kier alpha value is -0.0500. The van der Waals surface area contributed by atoms with Crippen molar-refractivity contribution in [2.75, 3.05) is 78.8 Å². The molecule has 2 bridgehead atoms. The molecule has 0 amide bonds. The van der Waals surface area contributed by atoms with Gasteiger partial charge in [0.1, 0.15) is 6.10 Å². The van der Waals surface area contributed by atoms with Crippen LogP contribution in [-0.4, -0.2) is 99.2 Å². The molecule has 0 radical (unpaired) electrons. The van der Waals surface area contributed by atoms with E-state index in [1.807, 2.05) is 6.92 Å². The highest BCUT2D eigenvalue weighted by Gasteiger charge is 2.37. The van der Waals surface area contributed by atoms with E-state index in [1.165, 1.54) is 140 Å². The molecule has 3 saturated heterocycles. The van der Waals surface area contributed by atoms with E-state index < -0.39 is 7.82 Å². The van der Waals surface area contributed by atoms with Crippen molar-refractivity contribution in [1.29, 1.82) is 0 Å². The van der Waals surface area contributed by atoms with Crippen LogP contribution in [0.4, 0.5) is 0 Å². The normalized spacial score (nSPS) is 22.4. The minimum Gasteiger partial charge on any atom is -0.379 e. The molecule has 9 heteroatoms. The van der Waals surface area contributed by atoms with Crippen LogP contribution in [0.3, 0.4) is 0 Å². The summed E-state index contributed by atoms with van der Waals surface area (Å²) in [6, 6.07) is 0. The molecule has 2 atom stereocenters. The Morgan fingerprint density at radius 2 is 1.17 bits per heavy atom. The number of piperazine rings is 3. The van der Waals surface area contributed by atoms with E-state index in [0.29, 0.717) is 19.8 Å². The Bertz CT molecular complexity index is 663. The van der Waals surface area contributed by atoms with E-state index in [-0.39, 0.29) is 19.3 Å². The van der Waals surface area contributed by atoms with E-state index in [2.05, 4.69) is 11.8 Å². The second-order valence-corrected chi connectivity index (χ2v) is 14.3. The van der Waals surface area contributed by atoms with Gasteiger partial charge in [0.05, 0.1) is 46.0 Å². The molecule has 8 nitrogen and oxygen atoms in total. The fourth-order valence-corrected chi connectivity index (χ4v) is 7.15. The molecule has 3 aliphatic rings. The van der Waals surface area contributed by atoms with Gasteiger partial charge in [0.15, 0.2) is 0 Å². The van der Waals surface area contributed by atoms with Crippen molar-refractivity contribution in [2.45, 2.75) is 136 Å². The summed E-state index contributed by atoms with van der Waals surface area (Å²) < 4.78 is 35.6. The van der Waals surface area contributed by atoms with Crippen LogP contribution in [-0.2, 0) is 23.1 Å². The largest absolute Gasteiger partial charge is 0.472 e. The topological polar surface area (TPSA) is 77.5 Å². The van der Waals surface area contributed by atoms with Gasteiger partial charge in [-0.25, -0.2) is 4.57 Å². The minimum absolute atomic E-state index is 0.00220. The predicted molar refractivity (Wildman–Crippen MR) is 173 cm³/mol. The van der Waals surface area contributed by atoms with Crippen LogP contribution in [0.2, 0.25) is 0 Å². The Labute approximate surface area is 259 Å². The highest BCUT2D eigenvalue weighted by Crippen LogP contribution is 2.43. The summed E-state index contributed by atoms with van der Waals surface area (Å²) >= 11 is 0. The van der Waals surface area contributed by atoms with Gasteiger partial charge in [0.2, 0.25) is 0 Å². The molecule has 0 saturated carbocycles. The lowest BCUT2D eigenvalue weighted by atomic mass is 10.0. The minimum atomic E-state index is -4.08. The third kappa shape index (κ3) is 18.7. The number of rotatable bonds is 30. The van der Waals surface area contributed by atoms with Gasteiger partial charge in [-0.2, -0.15) is 0 Å². The zero-order valence-corrected chi connectivity index (χ0v) is 28.5. The quantitative estimate of drug-likeness (QED) is 0.0501. The summed E-state index contributed by atoms with van der Waals surface area (Å²) in [6.07, 6.45) is 22.5. The molecule has 250 valence electrons. The molecule has 3 fully saturated rings. The Balaban J connectivity index is 1.38. The van der Waals surface area contributed by atoms with Gasteiger partial charge in [0, 0.05) is 32.8 Å². The van der Waals surface area contributed by atoms with Crippen LogP contribution in [0.15, 0.2) is 0 Å². The lowest BCUT2D eigenvalue weighted by molar-refractivity contribution is -0.941. The molecule has 3 heterocycles. The standard InChI is InChI=1S/C33H67N2O6P/c1-3-5-6-7-8-9-10-11-12-13-14-15-17-20-29-38-31-33(39-4-2)32-41-42(36,37)40-30-21-18-16-19-25-35-26-22-34(23-27-35)24-28-35/h33H,3-32H2,1-2H3/p+1. The van der Waals surface area contributed by atoms with Gasteiger partial charge in [-0.1, -0.05) is 96.8 Å². The summed E-state index contributed by atoms with van der Waals surface area (Å²) in [5, 5.41) is 0. The van der Waals surface area contributed by atoms with Gasteiger partial charge in [-0.3, -0.25) is 13.9 Å². The van der Waals surface area contributed by atoms with Crippen molar-refractivity contribution in [3.63, 3.8) is 0 Å². The van der Waals surface area contributed by atoms with E-state index in [9.17, 15) is 9.46 Å². The first kappa shape index (κ1) is 38.1. The van der Waals surface area contributed by atoms with Crippen molar-refractivity contribution in [3.8, 4) is 0 Å². The first-order valence-electron chi connectivity index (χ1n) is 17.9. The maximum Gasteiger partial charge on any atom is 0.472 e. The van der Waals surface area contributed by atoms with Crippen LogP contribution in [0.25, 0.3) is 0 Å². The molecular weight excluding hydrogens is 551 g/mol. The van der Waals surface area contributed by atoms with E-state index in [4.69, 9.17) is 18.5 Å². The van der Waals surface area contributed by atoms with Crippen molar-refractivity contribution in [3.05, 3.63) is 0 Å². The molecule has 42 heavy (non-hydrogen) atoms. The smallest absolute Gasteiger partial charge is 0.379 e. The lowest BCUT2D eigenvalue weighted by Gasteiger charge is -2.50. The van der Waals surface area contributed by atoms with E-state index in [0.717, 1.165) is 25.7 Å². The number of ether oxygens (including phenoxy) is 2. The maximum atomic E-state index is 12.3. The highest BCUT2D eigenvalue weighted by molar-refractivity contribution is 7.47. The average molecular weight is 620 g/mol.